The lowest BCUT2D eigenvalue weighted by molar-refractivity contribution is -0.147. The zero-order chi connectivity index (χ0) is 20.3. The molecule has 0 spiro atoms. The highest BCUT2D eigenvalue weighted by Crippen LogP contribution is 2.34. The van der Waals surface area contributed by atoms with Crippen LogP contribution >= 0.6 is 0 Å². The Labute approximate surface area is 166 Å². The molecule has 1 aromatic carbocycles. The standard InChI is InChI=1S/C22H30N2O4/c1-15-8-10-16(11-9-15)20(26)24-13-5-6-17(14-24)19(25)23-22(2)12-4-3-7-18(22)21(27)28/h8-11,17-18H,3-7,12-14H2,1-2H3,(H,23,25)(H,27,28). The predicted molar refractivity (Wildman–Crippen MR) is 106 cm³/mol. The number of carboxylic acids is 1. The largest absolute Gasteiger partial charge is 0.481 e. The van der Waals surface area contributed by atoms with E-state index in [4.69, 9.17) is 0 Å². The number of carbonyl (C=O) groups is 3. The third-order valence-corrected chi connectivity index (χ3v) is 6.29. The molecule has 1 aliphatic heterocycles. The maximum atomic E-state index is 12.9. The zero-order valence-corrected chi connectivity index (χ0v) is 16.7. The first kappa shape index (κ1) is 20.4. The molecule has 1 aromatic rings. The lowest BCUT2D eigenvalue weighted by Crippen LogP contribution is -2.58. The van der Waals surface area contributed by atoms with Crippen LogP contribution in [-0.2, 0) is 9.59 Å². The van der Waals surface area contributed by atoms with Crippen LogP contribution in [0.3, 0.4) is 0 Å². The summed E-state index contributed by atoms with van der Waals surface area (Å²) in [6.07, 6.45) is 4.56. The number of aryl methyl sites for hydroxylation is 1. The van der Waals surface area contributed by atoms with Crippen LogP contribution in [0.1, 0.15) is 61.4 Å². The first-order chi connectivity index (χ1) is 13.3. The van der Waals surface area contributed by atoms with E-state index in [2.05, 4.69) is 5.32 Å². The number of likely N-dealkylation sites (tertiary alicyclic amines) is 1. The number of nitrogens with one attached hydrogen (secondary N) is 1. The summed E-state index contributed by atoms with van der Waals surface area (Å²) < 4.78 is 0. The van der Waals surface area contributed by atoms with Crippen molar-refractivity contribution in [3.8, 4) is 0 Å². The molecule has 0 aromatic heterocycles. The minimum atomic E-state index is -0.845. The van der Waals surface area contributed by atoms with Crippen molar-refractivity contribution < 1.29 is 19.5 Å². The SMILES string of the molecule is Cc1ccc(C(=O)N2CCCC(C(=O)NC3(C)CCCCC3C(=O)O)C2)cc1. The van der Waals surface area contributed by atoms with Crippen LogP contribution in [0.4, 0.5) is 0 Å². The second kappa shape index (κ2) is 8.33. The van der Waals surface area contributed by atoms with Gasteiger partial charge in [-0.2, -0.15) is 0 Å². The van der Waals surface area contributed by atoms with Crippen molar-refractivity contribution in [1.82, 2.24) is 10.2 Å². The van der Waals surface area contributed by atoms with Crippen LogP contribution in [0.5, 0.6) is 0 Å². The van der Waals surface area contributed by atoms with Crippen LogP contribution < -0.4 is 5.32 Å². The van der Waals surface area contributed by atoms with Gasteiger partial charge < -0.3 is 15.3 Å². The Morgan fingerprint density at radius 1 is 1.11 bits per heavy atom. The first-order valence-electron chi connectivity index (χ1n) is 10.2. The molecule has 28 heavy (non-hydrogen) atoms. The van der Waals surface area contributed by atoms with E-state index in [1.54, 1.807) is 4.90 Å². The van der Waals surface area contributed by atoms with Crippen LogP contribution in [0.15, 0.2) is 24.3 Å². The summed E-state index contributed by atoms with van der Waals surface area (Å²) in [7, 11) is 0. The van der Waals surface area contributed by atoms with Crippen molar-refractivity contribution in [3.05, 3.63) is 35.4 Å². The van der Waals surface area contributed by atoms with Crippen LogP contribution in [0.2, 0.25) is 0 Å². The molecule has 1 saturated heterocycles. The van der Waals surface area contributed by atoms with E-state index in [-0.39, 0.29) is 17.7 Å². The van der Waals surface area contributed by atoms with Crippen molar-refractivity contribution in [3.63, 3.8) is 0 Å². The Kier molecular flexibility index (Phi) is 6.06. The molecule has 0 radical (unpaired) electrons. The lowest BCUT2D eigenvalue weighted by atomic mass is 9.73. The molecule has 2 N–H and O–H groups in total. The molecule has 1 heterocycles. The number of hydrogen-bond donors (Lipinski definition) is 2. The number of rotatable bonds is 4. The van der Waals surface area contributed by atoms with Gasteiger partial charge in [0.25, 0.3) is 5.91 Å². The minimum absolute atomic E-state index is 0.0511. The molecule has 1 saturated carbocycles. The highest BCUT2D eigenvalue weighted by Gasteiger charge is 2.43. The molecule has 0 bridgehead atoms. The van der Waals surface area contributed by atoms with Gasteiger partial charge in [-0.3, -0.25) is 14.4 Å². The number of piperidine rings is 1. The lowest BCUT2D eigenvalue weighted by Gasteiger charge is -2.41. The van der Waals surface area contributed by atoms with Crippen LogP contribution in [-0.4, -0.2) is 46.4 Å². The van der Waals surface area contributed by atoms with E-state index >= 15 is 0 Å². The summed E-state index contributed by atoms with van der Waals surface area (Å²) in [6, 6.07) is 7.47. The Hall–Kier alpha value is -2.37. The number of amides is 2. The van der Waals surface area contributed by atoms with Gasteiger partial charge in [0.15, 0.2) is 0 Å². The molecule has 2 amide bonds. The van der Waals surface area contributed by atoms with Gasteiger partial charge in [0.2, 0.25) is 5.91 Å². The molecule has 3 atom stereocenters. The van der Waals surface area contributed by atoms with Gasteiger partial charge in [-0.1, -0.05) is 30.5 Å². The van der Waals surface area contributed by atoms with Gasteiger partial charge in [-0.25, -0.2) is 0 Å². The van der Waals surface area contributed by atoms with Gasteiger partial charge >= 0.3 is 5.97 Å². The molecule has 3 rings (SSSR count). The average Bonchev–Trinajstić information content (AvgIpc) is 2.68. The average molecular weight is 386 g/mol. The van der Waals surface area contributed by atoms with E-state index in [0.717, 1.165) is 31.2 Å². The fraction of sp³-hybridized carbons (Fsp3) is 0.591. The summed E-state index contributed by atoms with van der Waals surface area (Å²) in [6.45, 7) is 4.85. The fourth-order valence-electron chi connectivity index (χ4n) is 4.52. The molecular weight excluding hydrogens is 356 g/mol. The summed E-state index contributed by atoms with van der Waals surface area (Å²) in [5.41, 5.74) is 1.02. The smallest absolute Gasteiger partial charge is 0.308 e. The summed E-state index contributed by atoms with van der Waals surface area (Å²) >= 11 is 0. The Morgan fingerprint density at radius 3 is 2.50 bits per heavy atom. The Balaban J connectivity index is 1.66. The number of aliphatic carboxylic acids is 1. The quantitative estimate of drug-likeness (QED) is 0.833. The molecule has 1 aliphatic carbocycles. The molecule has 152 valence electrons. The van der Waals surface area contributed by atoms with Crippen LogP contribution in [0, 0.1) is 18.8 Å². The van der Waals surface area contributed by atoms with Gasteiger partial charge in [0.1, 0.15) is 0 Å². The Morgan fingerprint density at radius 2 is 1.82 bits per heavy atom. The number of carboxylic acid groups (broad SMARTS) is 1. The van der Waals surface area contributed by atoms with E-state index in [1.165, 1.54) is 0 Å². The maximum Gasteiger partial charge on any atom is 0.308 e. The maximum absolute atomic E-state index is 12.9. The summed E-state index contributed by atoms with van der Waals surface area (Å²) in [5, 5.41) is 12.6. The zero-order valence-electron chi connectivity index (χ0n) is 16.7. The number of nitrogens with zero attached hydrogens (tertiary/aromatic N) is 1. The van der Waals surface area contributed by atoms with Gasteiger partial charge in [-0.15, -0.1) is 0 Å². The number of benzene rings is 1. The van der Waals surface area contributed by atoms with Gasteiger partial charge in [0.05, 0.1) is 17.4 Å². The van der Waals surface area contributed by atoms with E-state index < -0.39 is 17.4 Å². The molecular formula is C22H30N2O4. The van der Waals surface area contributed by atoms with Crippen LogP contribution in [0.25, 0.3) is 0 Å². The monoisotopic (exact) mass is 386 g/mol. The Bertz CT molecular complexity index is 745. The predicted octanol–water partition coefficient (Wildman–Crippen LogP) is 3.00. The third kappa shape index (κ3) is 4.37. The second-order valence-electron chi connectivity index (χ2n) is 8.50. The molecule has 2 fully saturated rings. The summed E-state index contributed by atoms with van der Waals surface area (Å²) in [4.78, 5) is 39.1. The van der Waals surface area contributed by atoms with Crippen molar-refractivity contribution in [2.24, 2.45) is 11.8 Å². The molecule has 3 unspecified atom stereocenters. The number of hydrogen-bond acceptors (Lipinski definition) is 3. The fourth-order valence-corrected chi connectivity index (χ4v) is 4.52. The van der Waals surface area contributed by atoms with Crippen molar-refractivity contribution in [1.29, 1.82) is 0 Å². The highest BCUT2D eigenvalue weighted by molar-refractivity contribution is 5.94. The molecule has 6 nitrogen and oxygen atoms in total. The minimum Gasteiger partial charge on any atom is -0.481 e. The number of carbonyl (C=O) groups excluding carboxylic acids is 2. The van der Waals surface area contributed by atoms with Crippen molar-refractivity contribution in [2.45, 2.75) is 57.9 Å². The highest BCUT2D eigenvalue weighted by atomic mass is 16.4. The summed E-state index contributed by atoms with van der Waals surface area (Å²) in [5.74, 6) is -1.88. The van der Waals surface area contributed by atoms with E-state index in [9.17, 15) is 19.5 Å². The molecule has 6 heteroatoms. The third-order valence-electron chi connectivity index (χ3n) is 6.29. The molecule has 2 aliphatic rings. The van der Waals surface area contributed by atoms with E-state index in [1.807, 2.05) is 38.1 Å². The normalized spacial score (nSPS) is 27.9. The van der Waals surface area contributed by atoms with Crippen molar-refractivity contribution >= 4 is 17.8 Å². The van der Waals surface area contributed by atoms with E-state index in [0.29, 0.717) is 31.5 Å². The second-order valence-corrected chi connectivity index (χ2v) is 8.50. The topological polar surface area (TPSA) is 86.7 Å². The first-order valence-corrected chi connectivity index (χ1v) is 10.2. The van der Waals surface area contributed by atoms with Gasteiger partial charge in [0, 0.05) is 18.7 Å². The van der Waals surface area contributed by atoms with Crippen molar-refractivity contribution in [2.75, 3.05) is 13.1 Å². The van der Waals surface area contributed by atoms with Gasteiger partial charge in [-0.05, 0) is 51.7 Å².